The molecule has 1 N–H and O–H groups in total. The molecule has 0 fully saturated rings. The normalized spacial score (nSPS) is 18.4. The number of hydrogen-bond acceptors (Lipinski definition) is 3. The summed E-state index contributed by atoms with van der Waals surface area (Å²) in [7, 11) is 0. The molecule has 0 aliphatic carbocycles. The minimum atomic E-state index is -1.21. The second kappa shape index (κ2) is 4.84. The van der Waals surface area contributed by atoms with Gasteiger partial charge in [0.05, 0.1) is 5.69 Å². The van der Waals surface area contributed by atoms with Gasteiger partial charge in [-0.25, -0.2) is 13.2 Å². The van der Waals surface area contributed by atoms with E-state index < -0.39 is 17.5 Å². The minimum Gasteiger partial charge on any atom is -0.332 e. The van der Waals surface area contributed by atoms with Crippen molar-refractivity contribution in [1.82, 2.24) is 0 Å². The average Bonchev–Trinajstić information content (AvgIpc) is 2.28. The Morgan fingerprint density at radius 1 is 1.28 bits per heavy atom. The van der Waals surface area contributed by atoms with E-state index in [0.717, 1.165) is 11.8 Å². The van der Waals surface area contributed by atoms with E-state index in [1.54, 1.807) is 0 Å². The molecule has 0 bridgehead atoms. The van der Waals surface area contributed by atoms with Gasteiger partial charge in [-0.1, -0.05) is 25.6 Å². The molecule has 6 heteroatoms. The van der Waals surface area contributed by atoms with Crippen LogP contribution in [-0.2, 0) is 0 Å². The van der Waals surface area contributed by atoms with Gasteiger partial charge in [0.1, 0.15) is 5.82 Å². The van der Waals surface area contributed by atoms with Crippen LogP contribution in [0.2, 0.25) is 0 Å². The molecule has 0 radical (unpaired) electrons. The number of hydrogen-bond donors (Lipinski definition) is 1. The lowest BCUT2D eigenvalue weighted by Gasteiger charge is -2.27. The summed E-state index contributed by atoms with van der Waals surface area (Å²) in [6, 6.07) is 1.43. The molecule has 1 aliphatic heterocycles. The van der Waals surface area contributed by atoms with Crippen molar-refractivity contribution in [3.05, 3.63) is 29.6 Å². The van der Waals surface area contributed by atoms with Gasteiger partial charge in [-0.3, -0.25) is 4.99 Å². The van der Waals surface area contributed by atoms with Crippen molar-refractivity contribution >= 4 is 22.6 Å². The summed E-state index contributed by atoms with van der Waals surface area (Å²) in [6.45, 7) is 4.74. The van der Waals surface area contributed by atoms with Crippen molar-refractivity contribution < 1.29 is 13.2 Å². The van der Waals surface area contributed by atoms with Gasteiger partial charge in [-0.15, -0.1) is 0 Å². The first-order valence-electron chi connectivity index (χ1n) is 5.46. The molecule has 0 unspecified atom stereocenters. The highest BCUT2D eigenvalue weighted by Crippen LogP contribution is 2.29. The topological polar surface area (TPSA) is 24.4 Å². The summed E-state index contributed by atoms with van der Waals surface area (Å²) in [5, 5.41) is 3.11. The molecule has 2 rings (SSSR count). The van der Waals surface area contributed by atoms with Gasteiger partial charge in [0.15, 0.2) is 16.8 Å². The van der Waals surface area contributed by atoms with Crippen molar-refractivity contribution in [2.45, 2.75) is 13.8 Å². The highest BCUT2D eigenvalue weighted by atomic mass is 32.2. The second-order valence-corrected chi connectivity index (χ2v) is 5.91. The fourth-order valence-corrected chi connectivity index (χ4v) is 2.44. The zero-order valence-corrected chi connectivity index (χ0v) is 10.9. The molecule has 98 valence electrons. The highest BCUT2D eigenvalue weighted by Gasteiger charge is 2.24. The Hall–Kier alpha value is -1.17. The van der Waals surface area contributed by atoms with E-state index in [9.17, 15) is 13.2 Å². The summed E-state index contributed by atoms with van der Waals surface area (Å²) in [5.74, 6) is -2.31. The van der Waals surface area contributed by atoms with Crippen LogP contribution in [-0.4, -0.2) is 17.5 Å². The van der Waals surface area contributed by atoms with E-state index in [2.05, 4.69) is 24.2 Å². The number of thioether (sulfide) groups is 1. The van der Waals surface area contributed by atoms with Crippen molar-refractivity contribution in [2.75, 3.05) is 17.6 Å². The van der Waals surface area contributed by atoms with E-state index in [1.165, 1.54) is 11.8 Å². The zero-order valence-electron chi connectivity index (χ0n) is 10.1. The summed E-state index contributed by atoms with van der Waals surface area (Å²) in [5.41, 5.74) is -0.139. The van der Waals surface area contributed by atoms with Crippen LogP contribution in [0.5, 0.6) is 0 Å². The van der Waals surface area contributed by atoms with Crippen LogP contribution in [0.1, 0.15) is 13.8 Å². The standard InChI is InChI=1S/C12H13F3N2S/c1-12(2)5-16-11(18-6-12)17-9-4-7(13)3-8(14)10(9)15/h3-4H,5-6H2,1-2H3,(H,16,17). The maximum atomic E-state index is 13.4. The Bertz CT molecular complexity index is 500. The van der Waals surface area contributed by atoms with E-state index in [1.807, 2.05) is 0 Å². The lowest BCUT2D eigenvalue weighted by atomic mass is 9.97. The molecule has 0 saturated carbocycles. The first-order valence-corrected chi connectivity index (χ1v) is 6.45. The van der Waals surface area contributed by atoms with Gasteiger partial charge in [0.25, 0.3) is 0 Å². The fourth-order valence-electron chi connectivity index (χ4n) is 1.48. The zero-order chi connectivity index (χ0) is 13.3. The first-order chi connectivity index (χ1) is 8.37. The van der Waals surface area contributed by atoms with Crippen LogP contribution < -0.4 is 5.32 Å². The van der Waals surface area contributed by atoms with Gasteiger partial charge in [-0.2, -0.15) is 0 Å². The Balaban J connectivity index is 2.18. The van der Waals surface area contributed by atoms with Crippen LogP contribution in [0.3, 0.4) is 0 Å². The van der Waals surface area contributed by atoms with Gasteiger partial charge < -0.3 is 5.32 Å². The number of nitrogens with zero attached hydrogens (tertiary/aromatic N) is 1. The molecule has 0 saturated heterocycles. The van der Waals surface area contributed by atoms with Crippen molar-refractivity contribution in [1.29, 1.82) is 0 Å². The number of aliphatic imine (C=N–C) groups is 1. The number of rotatable bonds is 1. The van der Waals surface area contributed by atoms with Crippen LogP contribution in [0.25, 0.3) is 0 Å². The predicted molar refractivity (Wildman–Crippen MR) is 68.5 cm³/mol. The smallest absolute Gasteiger partial charge is 0.182 e. The van der Waals surface area contributed by atoms with Crippen molar-refractivity contribution in [2.24, 2.45) is 10.4 Å². The van der Waals surface area contributed by atoms with Gasteiger partial charge in [-0.05, 0) is 5.41 Å². The molecule has 0 aromatic heterocycles. The van der Waals surface area contributed by atoms with Crippen LogP contribution in [0.4, 0.5) is 18.9 Å². The number of nitrogens with one attached hydrogen (secondary N) is 1. The van der Waals surface area contributed by atoms with Crippen molar-refractivity contribution in [3.63, 3.8) is 0 Å². The molecule has 0 atom stereocenters. The third-order valence-corrected chi connectivity index (χ3v) is 3.92. The SMILES string of the molecule is CC1(C)CN=C(Nc2cc(F)cc(F)c2F)SC1. The first kappa shape index (κ1) is 13.3. The Labute approximate surface area is 108 Å². The summed E-state index contributed by atoms with van der Waals surface area (Å²) in [4.78, 5) is 4.23. The minimum absolute atomic E-state index is 0.0849. The van der Waals surface area contributed by atoms with E-state index in [4.69, 9.17) is 0 Å². The molecule has 0 spiro atoms. The Kier molecular flexibility index (Phi) is 3.56. The molecule has 1 heterocycles. The monoisotopic (exact) mass is 274 g/mol. The van der Waals surface area contributed by atoms with Crippen molar-refractivity contribution in [3.8, 4) is 0 Å². The Morgan fingerprint density at radius 3 is 2.61 bits per heavy atom. The summed E-state index contributed by atoms with van der Waals surface area (Å²) < 4.78 is 39.4. The molecule has 1 aromatic carbocycles. The molecular weight excluding hydrogens is 261 g/mol. The molecule has 2 nitrogen and oxygen atoms in total. The van der Waals surface area contributed by atoms with E-state index in [-0.39, 0.29) is 11.1 Å². The highest BCUT2D eigenvalue weighted by molar-refractivity contribution is 8.14. The summed E-state index contributed by atoms with van der Waals surface area (Å²) >= 11 is 1.41. The van der Waals surface area contributed by atoms with Crippen LogP contribution in [0.15, 0.2) is 17.1 Å². The van der Waals surface area contributed by atoms with Gasteiger partial charge >= 0.3 is 0 Å². The maximum Gasteiger partial charge on any atom is 0.182 e. The predicted octanol–water partition coefficient (Wildman–Crippen LogP) is 3.64. The molecule has 1 aliphatic rings. The molecule has 0 amide bonds. The number of amidine groups is 1. The van der Waals surface area contributed by atoms with Crippen LogP contribution >= 0.6 is 11.8 Å². The third kappa shape index (κ3) is 2.98. The third-order valence-electron chi connectivity index (χ3n) is 2.48. The second-order valence-electron chi connectivity index (χ2n) is 4.95. The molecular formula is C12H13F3N2S. The number of halogens is 3. The average molecular weight is 274 g/mol. The van der Waals surface area contributed by atoms with Crippen LogP contribution in [0, 0.1) is 22.9 Å². The number of anilines is 1. The van der Waals surface area contributed by atoms with E-state index in [0.29, 0.717) is 17.8 Å². The lowest BCUT2D eigenvalue weighted by Crippen LogP contribution is -2.27. The Morgan fingerprint density at radius 2 is 2.00 bits per heavy atom. The molecule has 18 heavy (non-hydrogen) atoms. The molecule has 1 aromatic rings. The maximum absolute atomic E-state index is 13.4. The van der Waals surface area contributed by atoms with Gasteiger partial charge in [0.2, 0.25) is 0 Å². The number of benzene rings is 1. The van der Waals surface area contributed by atoms with Gasteiger partial charge in [0, 0.05) is 24.4 Å². The fraction of sp³-hybridized carbons (Fsp3) is 0.417. The lowest BCUT2D eigenvalue weighted by molar-refractivity contribution is 0.438. The summed E-state index contributed by atoms with van der Waals surface area (Å²) in [6.07, 6.45) is 0. The van der Waals surface area contributed by atoms with E-state index >= 15 is 0 Å². The quantitative estimate of drug-likeness (QED) is 0.791. The largest absolute Gasteiger partial charge is 0.332 e.